The number of nitrogens with one attached hydrogen (secondary N) is 2. The number of hydrogen-bond acceptors (Lipinski definition) is 7. The smallest absolute Gasteiger partial charge is 0.321 e. The van der Waals surface area contributed by atoms with E-state index in [1.54, 1.807) is 14.0 Å². The van der Waals surface area contributed by atoms with Gasteiger partial charge in [-0.1, -0.05) is 43.2 Å². The van der Waals surface area contributed by atoms with Crippen LogP contribution in [0.1, 0.15) is 50.5 Å². The van der Waals surface area contributed by atoms with E-state index >= 15 is 0 Å². The summed E-state index contributed by atoms with van der Waals surface area (Å²) in [7, 11) is 1.62. The van der Waals surface area contributed by atoms with Crippen LogP contribution in [0.2, 0.25) is 0 Å². The second-order valence-corrected chi connectivity index (χ2v) is 8.34. The molecule has 1 saturated carbocycles. The Morgan fingerprint density at radius 3 is 2.62 bits per heavy atom. The van der Waals surface area contributed by atoms with Crippen LogP contribution in [0.4, 0.5) is 4.79 Å². The van der Waals surface area contributed by atoms with E-state index < -0.39 is 17.2 Å². The highest BCUT2D eigenvalue weighted by molar-refractivity contribution is 8.00. The van der Waals surface area contributed by atoms with Gasteiger partial charge in [-0.2, -0.15) is 0 Å². The van der Waals surface area contributed by atoms with Crippen LogP contribution in [0.5, 0.6) is 5.75 Å². The number of urea groups is 1. The Morgan fingerprint density at radius 2 is 1.93 bits per heavy atom. The molecular weight excluding hydrogens is 392 g/mol. The van der Waals surface area contributed by atoms with Crippen LogP contribution in [0.3, 0.4) is 0 Å². The van der Waals surface area contributed by atoms with E-state index in [4.69, 9.17) is 9.15 Å². The number of ether oxygens (including phenoxy) is 1. The van der Waals surface area contributed by atoms with Gasteiger partial charge in [0.1, 0.15) is 5.75 Å². The van der Waals surface area contributed by atoms with Crippen molar-refractivity contribution in [2.75, 3.05) is 7.11 Å². The maximum absolute atomic E-state index is 12.3. The highest BCUT2D eigenvalue weighted by Crippen LogP contribution is 2.23. The fourth-order valence-electron chi connectivity index (χ4n) is 3.16. The van der Waals surface area contributed by atoms with E-state index in [2.05, 4.69) is 20.8 Å². The lowest BCUT2D eigenvalue weighted by molar-refractivity contribution is -0.119. The monoisotopic (exact) mass is 418 g/mol. The highest BCUT2D eigenvalue weighted by Gasteiger charge is 2.22. The number of aromatic nitrogens is 2. The van der Waals surface area contributed by atoms with E-state index in [1.165, 1.54) is 6.42 Å². The van der Waals surface area contributed by atoms with Crippen LogP contribution >= 0.6 is 11.8 Å². The molecule has 1 fully saturated rings. The summed E-state index contributed by atoms with van der Waals surface area (Å²) >= 11 is 1.12. The molecule has 9 heteroatoms. The molecule has 0 radical (unpaired) electrons. The standard InChI is InChI=1S/C20H26N4O4S/c1-13(18(25)22-19(26)21-15-6-4-3-5-7-15)29-20-24-23-17(28-20)12-14-8-10-16(27-2)11-9-14/h8-11,13,15H,3-7,12H2,1-2H3,(H2,21,22,25,26)/t13-/m1/s1. The van der Waals surface area contributed by atoms with Gasteiger partial charge in [-0.3, -0.25) is 10.1 Å². The number of methoxy groups -OCH3 is 1. The third-order valence-corrected chi connectivity index (χ3v) is 5.72. The van der Waals surface area contributed by atoms with Crippen LogP contribution in [0.25, 0.3) is 0 Å². The van der Waals surface area contributed by atoms with E-state index in [0.717, 1.165) is 48.8 Å². The van der Waals surface area contributed by atoms with Gasteiger partial charge in [0.2, 0.25) is 11.8 Å². The Hall–Kier alpha value is -2.55. The molecular formula is C20H26N4O4S. The molecule has 0 spiro atoms. The molecule has 3 rings (SSSR count). The van der Waals surface area contributed by atoms with E-state index in [0.29, 0.717) is 17.5 Å². The second-order valence-electron chi connectivity index (χ2n) is 7.04. The summed E-state index contributed by atoms with van der Waals surface area (Å²) in [6.07, 6.45) is 5.84. The van der Waals surface area contributed by atoms with Gasteiger partial charge in [-0.05, 0) is 37.5 Å². The van der Waals surface area contributed by atoms with Crippen LogP contribution in [-0.4, -0.2) is 40.5 Å². The van der Waals surface area contributed by atoms with Gasteiger partial charge in [0.25, 0.3) is 5.22 Å². The lowest BCUT2D eigenvalue weighted by Gasteiger charge is -2.22. The van der Waals surface area contributed by atoms with Crippen molar-refractivity contribution in [3.63, 3.8) is 0 Å². The molecule has 0 aliphatic heterocycles. The largest absolute Gasteiger partial charge is 0.497 e. The average Bonchev–Trinajstić information content (AvgIpc) is 3.15. The molecule has 0 bridgehead atoms. The zero-order valence-electron chi connectivity index (χ0n) is 16.6. The third kappa shape index (κ3) is 6.49. The van der Waals surface area contributed by atoms with Gasteiger partial charge in [0.15, 0.2) is 0 Å². The van der Waals surface area contributed by atoms with Gasteiger partial charge in [-0.15, -0.1) is 10.2 Å². The molecule has 3 amide bonds. The maximum Gasteiger partial charge on any atom is 0.321 e. The second kappa shape index (κ2) is 10.3. The van der Waals surface area contributed by atoms with Crippen LogP contribution < -0.4 is 15.4 Å². The molecule has 29 heavy (non-hydrogen) atoms. The number of thioether (sulfide) groups is 1. The third-order valence-electron chi connectivity index (χ3n) is 4.79. The topological polar surface area (TPSA) is 106 Å². The zero-order chi connectivity index (χ0) is 20.6. The molecule has 8 nitrogen and oxygen atoms in total. The molecule has 2 N–H and O–H groups in total. The molecule has 1 aromatic carbocycles. The van der Waals surface area contributed by atoms with Gasteiger partial charge in [-0.25, -0.2) is 4.79 Å². The quantitative estimate of drug-likeness (QED) is 0.664. The summed E-state index contributed by atoms with van der Waals surface area (Å²) in [5.74, 6) is 0.849. The molecule has 1 aliphatic carbocycles. The predicted octanol–water partition coefficient (Wildman–Crippen LogP) is 3.31. The number of carbonyl (C=O) groups excluding carboxylic acids is 2. The Kier molecular flexibility index (Phi) is 7.51. The first-order valence-electron chi connectivity index (χ1n) is 9.77. The maximum atomic E-state index is 12.3. The van der Waals surface area contributed by atoms with Gasteiger partial charge < -0.3 is 14.5 Å². The highest BCUT2D eigenvalue weighted by atomic mass is 32.2. The normalized spacial score (nSPS) is 15.5. The molecule has 1 atom stereocenters. The molecule has 0 saturated heterocycles. The number of nitrogens with zero attached hydrogens (tertiary/aromatic N) is 2. The van der Waals surface area contributed by atoms with Gasteiger partial charge in [0.05, 0.1) is 18.8 Å². The lowest BCUT2D eigenvalue weighted by atomic mass is 9.96. The van der Waals surface area contributed by atoms with Crippen LogP contribution in [-0.2, 0) is 11.2 Å². The van der Waals surface area contributed by atoms with Crippen molar-refractivity contribution in [1.29, 1.82) is 0 Å². The minimum absolute atomic E-state index is 0.149. The van der Waals surface area contributed by atoms with Crippen molar-refractivity contribution < 1.29 is 18.7 Å². The van der Waals surface area contributed by atoms with Crippen molar-refractivity contribution in [3.05, 3.63) is 35.7 Å². The summed E-state index contributed by atoms with van der Waals surface area (Å²) < 4.78 is 10.8. The summed E-state index contributed by atoms with van der Waals surface area (Å²) in [5.41, 5.74) is 1.01. The van der Waals surface area contributed by atoms with E-state index in [1.807, 2.05) is 24.3 Å². The summed E-state index contributed by atoms with van der Waals surface area (Å²) in [4.78, 5) is 24.3. The van der Waals surface area contributed by atoms with E-state index in [9.17, 15) is 9.59 Å². The Labute approximate surface area is 174 Å². The summed E-state index contributed by atoms with van der Waals surface area (Å²) in [5, 5.41) is 13.0. The molecule has 1 aromatic heterocycles. The van der Waals surface area contributed by atoms with Crippen molar-refractivity contribution >= 4 is 23.7 Å². The molecule has 0 unspecified atom stereocenters. The van der Waals surface area contributed by atoms with Crippen molar-refractivity contribution in [1.82, 2.24) is 20.8 Å². The first kappa shape index (κ1) is 21.2. The van der Waals surface area contributed by atoms with Crippen molar-refractivity contribution in [2.24, 2.45) is 0 Å². The summed E-state index contributed by atoms with van der Waals surface area (Å²) in [6.45, 7) is 1.70. The molecule has 1 aliphatic rings. The number of benzene rings is 1. The summed E-state index contributed by atoms with van der Waals surface area (Å²) in [6, 6.07) is 7.29. The molecule has 2 aromatic rings. The van der Waals surface area contributed by atoms with Crippen LogP contribution in [0, 0.1) is 0 Å². The van der Waals surface area contributed by atoms with Crippen molar-refractivity contribution in [3.8, 4) is 5.75 Å². The van der Waals surface area contributed by atoms with Gasteiger partial charge in [0, 0.05) is 6.04 Å². The lowest BCUT2D eigenvalue weighted by Crippen LogP contribution is -2.47. The molecule has 1 heterocycles. The molecule has 156 valence electrons. The minimum Gasteiger partial charge on any atom is -0.497 e. The minimum atomic E-state index is -0.540. The number of amides is 3. The zero-order valence-corrected chi connectivity index (χ0v) is 17.5. The number of hydrogen-bond donors (Lipinski definition) is 2. The number of rotatable bonds is 7. The van der Waals surface area contributed by atoms with Crippen LogP contribution in [0.15, 0.2) is 33.9 Å². The van der Waals surface area contributed by atoms with Gasteiger partial charge >= 0.3 is 6.03 Å². The first-order valence-corrected chi connectivity index (χ1v) is 10.6. The number of carbonyl (C=O) groups is 2. The predicted molar refractivity (Wildman–Crippen MR) is 109 cm³/mol. The Bertz CT molecular complexity index is 818. The Balaban J connectivity index is 1.46. The SMILES string of the molecule is COc1ccc(Cc2nnc(S[C@H](C)C(=O)NC(=O)NC3CCCCC3)o2)cc1. The van der Waals surface area contributed by atoms with Crippen molar-refractivity contribution in [2.45, 2.75) is 62.0 Å². The Morgan fingerprint density at radius 1 is 1.21 bits per heavy atom. The average molecular weight is 419 g/mol. The number of imide groups is 1. The first-order chi connectivity index (χ1) is 14.0. The van der Waals surface area contributed by atoms with E-state index in [-0.39, 0.29) is 6.04 Å². The fraction of sp³-hybridized carbons (Fsp3) is 0.500. The fourth-order valence-corrected chi connectivity index (χ4v) is 3.86.